The molecule has 1 saturated heterocycles. The first-order valence-corrected chi connectivity index (χ1v) is 13.8. The molecule has 2 N–H and O–H groups in total. The zero-order valence-corrected chi connectivity index (χ0v) is 23.0. The van der Waals surface area contributed by atoms with Gasteiger partial charge in [-0.05, 0) is 75.7 Å². The van der Waals surface area contributed by atoms with Crippen LogP contribution in [-0.2, 0) is 0 Å². The molecule has 0 amide bonds. The summed E-state index contributed by atoms with van der Waals surface area (Å²) in [5, 5.41) is 8.69. The summed E-state index contributed by atoms with van der Waals surface area (Å²) < 4.78 is 14.0. The lowest BCUT2D eigenvalue weighted by Crippen LogP contribution is -2.31. The van der Waals surface area contributed by atoms with E-state index in [9.17, 15) is 4.39 Å². The highest BCUT2D eigenvalue weighted by Gasteiger charge is 2.17. The van der Waals surface area contributed by atoms with Crippen molar-refractivity contribution >= 4 is 27.5 Å². The maximum atomic E-state index is 14.0. The summed E-state index contributed by atoms with van der Waals surface area (Å²) >= 11 is 0. The number of hydrogen-bond donors (Lipinski definition) is 2. The summed E-state index contributed by atoms with van der Waals surface area (Å²) in [7, 11) is 0. The minimum Gasteiger partial charge on any atom is -0.352 e. The lowest BCUT2D eigenvalue weighted by Gasteiger charge is -2.26. The van der Waals surface area contributed by atoms with Gasteiger partial charge in [0.15, 0.2) is 0 Å². The van der Waals surface area contributed by atoms with Gasteiger partial charge in [-0.15, -0.1) is 0 Å². The first kappa shape index (κ1) is 25.9. The highest BCUT2D eigenvalue weighted by molar-refractivity contribution is 6.00. The zero-order valence-electron chi connectivity index (χ0n) is 23.0. The summed E-state index contributed by atoms with van der Waals surface area (Å²) in [4.78, 5) is 15.4. The van der Waals surface area contributed by atoms with E-state index in [4.69, 9.17) is 4.98 Å². The van der Waals surface area contributed by atoms with Crippen LogP contribution in [-0.4, -0.2) is 49.7 Å². The number of aromatic nitrogens is 5. The van der Waals surface area contributed by atoms with Gasteiger partial charge in [0.2, 0.25) is 0 Å². The Labute approximate surface area is 233 Å². The molecule has 0 spiro atoms. The number of H-pyrrole nitrogens is 2. The second-order valence-electron chi connectivity index (χ2n) is 10.8. The van der Waals surface area contributed by atoms with Gasteiger partial charge in [0.05, 0.1) is 28.6 Å². The van der Waals surface area contributed by atoms with Gasteiger partial charge in [0.25, 0.3) is 0 Å². The monoisotopic (exact) mass is 532 g/mol. The quantitative estimate of drug-likeness (QED) is 0.211. The number of benzene rings is 1. The molecule has 5 aromatic rings. The summed E-state index contributed by atoms with van der Waals surface area (Å²) in [6.07, 6.45) is 11.7. The number of nitrogens with zero attached hydrogens (tertiary/aromatic N) is 4. The van der Waals surface area contributed by atoms with E-state index in [1.807, 2.05) is 31.2 Å². The van der Waals surface area contributed by atoms with Crippen molar-refractivity contribution in [2.45, 2.75) is 33.1 Å². The summed E-state index contributed by atoms with van der Waals surface area (Å²) in [5.74, 6) is -0.279. The molecular formula is C33H33FN6. The number of rotatable bonds is 7. The number of piperidine rings is 1. The molecule has 0 aliphatic carbocycles. The van der Waals surface area contributed by atoms with Crippen molar-refractivity contribution in [1.29, 1.82) is 0 Å². The number of likely N-dealkylation sites (tertiary alicyclic amines) is 1. The zero-order chi connectivity index (χ0) is 27.6. The maximum absolute atomic E-state index is 14.0. The highest BCUT2D eigenvalue weighted by Crippen LogP contribution is 2.34. The van der Waals surface area contributed by atoms with E-state index in [1.54, 1.807) is 18.5 Å². The van der Waals surface area contributed by atoms with Crippen molar-refractivity contribution < 1.29 is 4.39 Å². The molecule has 0 atom stereocenters. The van der Waals surface area contributed by atoms with Crippen molar-refractivity contribution in [2.24, 2.45) is 0 Å². The van der Waals surface area contributed by atoms with Gasteiger partial charge in [0, 0.05) is 29.3 Å². The smallest absolute Gasteiger partial charge is 0.135 e. The molecule has 1 aliphatic heterocycles. The number of aromatic amines is 2. The van der Waals surface area contributed by atoms with Crippen LogP contribution in [0.4, 0.5) is 4.39 Å². The van der Waals surface area contributed by atoms with Crippen LogP contribution in [0.15, 0.2) is 84.7 Å². The number of pyridine rings is 2. The van der Waals surface area contributed by atoms with Crippen LogP contribution in [0.5, 0.6) is 0 Å². The summed E-state index contributed by atoms with van der Waals surface area (Å²) in [5.41, 5.74) is 9.83. The van der Waals surface area contributed by atoms with Crippen LogP contribution < -0.4 is 0 Å². The van der Waals surface area contributed by atoms with E-state index in [2.05, 4.69) is 50.7 Å². The molecule has 4 aromatic heterocycles. The molecule has 202 valence electrons. The fourth-order valence-corrected chi connectivity index (χ4v) is 5.55. The third kappa shape index (κ3) is 5.38. The average Bonchev–Trinajstić information content (AvgIpc) is 3.56. The first-order valence-electron chi connectivity index (χ1n) is 13.8. The van der Waals surface area contributed by atoms with Crippen LogP contribution in [0.3, 0.4) is 0 Å². The van der Waals surface area contributed by atoms with Crippen molar-refractivity contribution in [2.75, 3.05) is 19.6 Å². The van der Waals surface area contributed by atoms with Crippen molar-refractivity contribution in [1.82, 2.24) is 30.0 Å². The Morgan fingerprint density at radius 1 is 1.02 bits per heavy atom. The number of allylic oxidation sites excluding steroid dienone is 4. The van der Waals surface area contributed by atoms with Crippen molar-refractivity contribution in [3.63, 3.8) is 0 Å². The van der Waals surface area contributed by atoms with Crippen LogP contribution >= 0.6 is 0 Å². The summed E-state index contributed by atoms with van der Waals surface area (Å²) in [6.45, 7) is 11.6. The Kier molecular flexibility index (Phi) is 7.13. The fraction of sp³-hybridized carbons (Fsp3) is 0.242. The maximum Gasteiger partial charge on any atom is 0.135 e. The molecule has 0 saturated carbocycles. The molecule has 1 fully saturated rings. The third-order valence-electron chi connectivity index (χ3n) is 7.37. The third-order valence-corrected chi connectivity index (χ3v) is 7.37. The Morgan fingerprint density at radius 2 is 1.88 bits per heavy atom. The van der Waals surface area contributed by atoms with E-state index in [0.717, 1.165) is 80.9 Å². The summed E-state index contributed by atoms with van der Waals surface area (Å²) in [6, 6.07) is 12.7. The number of hydrogen-bond acceptors (Lipinski definition) is 4. The molecule has 40 heavy (non-hydrogen) atoms. The second-order valence-corrected chi connectivity index (χ2v) is 10.8. The van der Waals surface area contributed by atoms with E-state index in [1.165, 1.54) is 37.0 Å². The van der Waals surface area contributed by atoms with E-state index < -0.39 is 0 Å². The predicted molar refractivity (Wildman–Crippen MR) is 161 cm³/mol. The molecule has 1 aromatic carbocycles. The molecule has 0 radical (unpaired) electrons. The molecule has 7 heteroatoms. The molecule has 6 rings (SSSR count). The minimum atomic E-state index is -0.279. The fourth-order valence-electron chi connectivity index (χ4n) is 5.55. The number of fused-ring (bicyclic) bond motifs is 2. The first-order chi connectivity index (χ1) is 19.4. The van der Waals surface area contributed by atoms with Gasteiger partial charge in [0.1, 0.15) is 17.0 Å². The largest absolute Gasteiger partial charge is 0.352 e. The van der Waals surface area contributed by atoms with Gasteiger partial charge in [-0.25, -0.2) is 9.37 Å². The van der Waals surface area contributed by atoms with E-state index in [0.29, 0.717) is 0 Å². The van der Waals surface area contributed by atoms with Crippen LogP contribution in [0.25, 0.3) is 50.0 Å². The van der Waals surface area contributed by atoms with E-state index >= 15 is 0 Å². The molecule has 6 nitrogen and oxygen atoms in total. The number of halogens is 1. The Morgan fingerprint density at radius 3 is 2.67 bits per heavy atom. The molecule has 0 bridgehead atoms. The highest BCUT2D eigenvalue weighted by atomic mass is 19.1. The van der Waals surface area contributed by atoms with Crippen molar-refractivity contribution in [3.8, 4) is 22.5 Å². The van der Waals surface area contributed by atoms with Crippen LogP contribution in [0, 0.1) is 5.82 Å². The van der Waals surface area contributed by atoms with Gasteiger partial charge >= 0.3 is 0 Å². The Balaban J connectivity index is 1.39. The predicted octanol–water partition coefficient (Wildman–Crippen LogP) is 7.70. The SMILES string of the molecule is C=C(C)/C=C(\C=C(/C)CN1CCCCC1)c1ccc2[nH]nc(-c3cc4c(-c5cccc(F)c5)cncc4[nH]3)c2n1. The van der Waals surface area contributed by atoms with Gasteiger partial charge in [-0.1, -0.05) is 48.4 Å². The Bertz CT molecular complexity index is 1770. The van der Waals surface area contributed by atoms with Crippen molar-refractivity contribution in [3.05, 3.63) is 96.2 Å². The molecular weight excluding hydrogens is 499 g/mol. The molecule has 1 aliphatic rings. The minimum absolute atomic E-state index is 0.279. The van der Waals surface area contributed by atoms with E-state index in [-0.39, 0.29) is 5.82 Å². The van der Waals surface area contributed by atoms with Crippen LogP contribution in [0.2, 0.25) is 0 Å². The second kappa shape index (κ2) is 11.0. The average molecular weight is 533 g/mol. The molecule has 5 heterocycles. The lowest BCUT2D eigenvalue weighted by molar-refractivity contribution is 0.246. The van der Waals surface area contributed by atoms with Gasteiger partial charge in [-0.2, -0.15) is 5.10 Å². The Hall–Kier alpha value is -4.36. The standard InChI is InChI=1S/C33H33FN6/c1-21(2)14-24(15-22(3)20-40-12-5-4-6-13-40)28-10-11-29-32(37-28)33(39-38-29)30-17-26-27(18-35-19-31(26)36-30)23-8-7-9-25(34)16-23/h7-11,14-19,36H,1,4-6,12-13,20H2,2-3H3,(H,38,39)/b22-15+,24-14+. The van der Waals surface area contributed by atoms with Gasteiger partial charge < -0.3 is 4.98 Å². The lowest BCUT2D eigenvalue weighted by atomic mass is 10.0. The normalized spacial score (nSPS) is 15.3. The van der Waals surface area contributed by atoms with Crippen LogP contribution in [0.1, 0.15) is 38.8 Å². The topological polar surface area (TPSA) is 73.5 Å². The number of nitrogens with one attached hydrogen (secondary N) is 2. The van der Waals surface area contributed by atoms with Gasteiger partial charge in [-0.3, -0.25) is 15.0 Å². The molecule has 0 unspecified atom stereocenters.